The van der Waals surface area contributed by atoms with E-state index in [0.29, 0.717) is 5.92 Å². The molecule has 1 aliphatic carbocycles. The van der Waals surface area contributed by atoms with E-state index in [1.807, 2.05) is 6.07 Å². The number of fused-ring (bicyclic) bond motifs is 1. The Balaban J connectivity index is 2.55. The number of ether oxygens (including phenoxy) is 1. The molecule has 0 aromatic heterocycles. The summed E-state index contributed by atoms with van der Waals surface area (Å²) in [6.45, 7) is 6.67. The standard InChI is InChI=1S/C13H16O/c1-8-9(2)12-6-5-11(14-4)7-13(12)10(8)3/h5-7,10H,1-4H3. The molecule has 14 heavy (non-hydrogen) atoms. The highest BCUT2D eigenvalue weighted by atomic mass is 16.5. The lowest BCUT2D eigenvalue weighted by Crippen LogP contribution is -1.92. The van der Waals surface area contributed by atoms with E-state index in [2.05, 4.69) is 32.9 Å². The van der Waals surface area contributed by atoms with Gasteiger partial charge in [-0.1, -0.05) is 18.6 Å². The molecule has 1 heteroatoms. The maximum Gasteiger partial charge on any atom is 0.119 e. The van der Waals surface area contributed by atoms with Gasteiger partial charge in [-0.15, -0.1) is 0 Å². The first-order valence-electron chi connectivity index (χ1n) is 5.01. The lowest BCUT2D eigenvalue weighted by atomic mass is 9.99. The third-order valence-electron chi connectivity index (χ3n) is 3.37. The molecule has 1 atom stereocenters. The lowest BCUT2D eigenvalue weighted by molar-refractivity contribution is 0.414. The summed E-state index contributed by atoms with van der Waals surface area (Å²) in [7, 11) is 1.72. The molecule has 0 radical (unpaired) electrons. The van der Waals surface area contributed by atoms with Crippen LogP contribution in [0.25, 0.3) is 5.57 Å². The van der Waals surface area contributed by atoms with Crippen LogP contribution in [-0.2, 0) is 0 Å². The molecule has 1 aliphatic rings. The maximum atomic E-state index is 5.24. The van der Waals surface area contributed by atoms with Crippen molar-refractivity contribution in [2.24, 2.45) is 0 Å². The molecule has 1 aromatic rings. The summed E-state index contributed by atoms with van der Waals surface area (Å²) in [5.41, 5.74) is 5.69. The fraction of sp³-hybridized carbons (Fsp3) is 0.385. The van der Waals surface area contributed by atoms with E-state index in [4.69, 9.17) is 4.74 Å². The number of hydrogen-bond donors (Lipinski definition) is 0. The Hall–Kier alpha value is -1.24. The van der Waals surface area contributed by atoms with Crippen LogP contribution in [0.1, 0.15) is 37.8 Å². The van der Waals surface area contributed by atoms with Crippen molar-refractivity contribution in [3.8, 4) is 5.75 Å². The summed E-state index contributed by atoms with van der Waals surface area (Å²) >= 11 is 0. The summed E-state index contributed by atoms with van der Waals surface area (Å²) < 4.78 is 5.24. The smallest absolute Gasteiger partial charge is 0.119 e. The molecule has 2 rings (SSSR count). The molecule has 0 spiro atoms. The van der Waals surface area contributed by atoms with Crippen molar-refractivity contribution >= 4 is 5.57 Å². The Morgan fingerprint density at radius 2 is 1.93 bits per heavy atom. The van der Waals surface area contributed by atoms with Crippen LogP contribution < -0.4 is 4.74 Å². The zero-order valence-electron chi connectivity index (χ0n) is 9.22. The first-order chi connectivity index (χ1) is 6.65. The Bertz CT molecular complexity index is 402. The highest BCUT2D eigenvalue weighted by Crippen LogP contribution is 2.42. The van der Waals surface area contributed by atoms with E-state index >= 15 is 0 Å². The van der Waals surface area contributed by atoms with E-state index in [9.17, 15) is 0 Å². The van der Waals surface area contributed by atoms with Gasteiger partial charge in [0.15, 0.2) is 0 Å². The number of methoxy groups -OCH3 is 1. The van der Waals surface area contributed by atoms with Crippen LogP contribution in [0, 0.1) is 0 Å². The summed E-state index contributed by atoms with van der Waals surface area (Å²) in [6.07, 6.45) is 0. The Morgan fingerprint density at radius 1 is 1.21 bits per heavy atom. The minimum absolute atomic E-state index is 0.542. The summed E-state index contributed by atoms with van der Waals surface area (Å²) in [5, 5.41) is 0. The number of allylic oxidation sites excluding steroid dienone is 2. The quantitative estimate of drug-likeness (QED) is 0.654. The van der Waals surface area contributed by atoms with Gasteiger partial charge in [-0.25, -0.2) is 0 Å². The Labute approximate surface area is 85.4 Å². The molecule has 74 valence electrons. The molecule has 0 N–H and O–H groups in total. The first kappa shape index (κ1) is 9.32. The van der Waals surface area contributed by atoms with Gasteiger partial charge < -0.3 is 4.74 Å². The van der Waals surface area contributed by atoms with Crippen molar-refractivity contribution in [3.05, 3.63) is 34.9 Å². The predicted octanol–water partition coefficient (Wildman–Crippen LogP) is 3.61. The van der Waals surface area contributed by atoms with Crippen molar-refractivity contribution < 1.29 is 4.74 Å². The predicted molar refractivity (Wildman–Crippen MR) is 59.7 cm³/mol. The van der Waals surface area contributed by atoms with Gasteiger partial charge in [0.05, 0.1) is 7.11 Å². The van der Waals surface area contributed by atoms with E-state index in [-0.39, 0.29) is 0 Å². The van der Waals surface area contributed by atoms with Crippen molar-refractivity contribution in [1.29, 1.82) is 0 Å². The van der Waals surface area contributed by atoms with Crippen molar-refractivity contribution in [2.75, 3.05) is 7.11 Å². The highest BCUT2D eigenvalue weighted by Gasteiger charge is 2.22. The molecule has 0 saturated heterocycles. The van der Waals surface area contributed by atoms with E-state index < -0.39 is 0 Å². The van der Waals surface area contributed by atoms with Crippen molar-refractivity contribution in [3.63, 3.8) is 0 Å². The maximum absolute atomic E-state index is 5.24. The van der Waals surface area contributed by atoms with E-state index in [1.165, 1.54) is 22.3 Å². The average Bonchev–Trinajstić information content (AvgIpc) is 2.44. The summed E-state index contributed by atoms with van der Waals surface area (Å²) in [4.78, 5) is 0. The number of hydrogen-bond acceptors (Lipinski definition) is 1. The molecule has 0 bridgehead atoms. The lowest BCUT2D eigenvalue weighted by Gasteiger charge is -2.08. The van der Waals surface area contributed by atoms with Crippen LogP contribution in [0.4, 0.5) is 0 Å². The molecule has 1 unspecified atom stereocenters. The fourth-order valence-electron chi connectivity index (χ4n) is 2.14. The SMILES string of the molecule is COc1ccc2c(c1)C(C)C(C)=C2C. The van der Waals surface area contributed by atoms with Crippen LogP contribution in [0.2, 0.25) is 0 Å². The molecule has 0 amide bonds. The van der Waals surface area contributed by atoms with Crippen LogP contribution in [0.5, 0.6) is 5.75 Å². The van der Waals surface area contributed by atoms with Crippen LogP contribution in [-0.4, -0.2) is 7.11 Å². The second-order valence-electron chi connectivity index (χ2n) is 3.98. The average molecular weight is 188 g/mol. The topological polar surface area (TPSA) is 9.23 Å². The Morgan fingerprint density at radius 3 is 2.57 bits per heavy atom. The van der Waals surface area contributed by atoms with Crippen LogP contribution in [0.15, 0.2) is 23.8 Å². The van der Waals surface area contributed by atoms with E-state index in [0.717, 1.165) is 5.75 Å². The molecule has 0 heterocycles. The third kappa shape index (κ3) is 1.16. The molecule has 0 saturated carbocycles. The third-order valence-corrected chi connectivity index (χ3v) is 3.37. The zero-order chi connectivity index (χ0) is 10.3. The van der Waals surface area contributed by atoms with Gasteiger partial charge in [0.1, 0.15) is 5.75 Å². The molecule has 1 aromatic carbocycles. The molecular formula is C13H16O. The van der Waals surface area contributed by atoms with Gasteiger partial charge in [0.25, 0.3) is 0 Å². The zero-order valence-corrected chi connectivity index (χ0v) is 9.22. The van der Waals surface area contributed by atoms with Crippen LogP contribution in [0.3, 0.4) is 0 Å². The van der Waals surface area contributed by atoms with Gasteiger partial charge in [-0.3, -0.25) is 0 Å². The van der Waals surface area contributed by atoms with Gasteiger partial charge in [-0.05, 0) is 42.7 Å². The van der Waals surface area contributed by atoms with E-state index in [1.54, 1.807) is 7.11 Å². The normalized spacial score (nSPS) is 19.9. The number of rotatable bonds is 1. The minimum atomic E-state index is 0.542. The van der Waals surface area contributed by atoms with Gasteiger partial charge in [0, 0.05) is 5.92 Å². The van der Waals surface area contributed by atoms with Gasteiger partial charge in [0.2, 0.25) is 0 Å². The van der Waals surface area contributed by atoms with Gasteiger partial charge in [-0.2, -0.15) is 0 Å². The first-order valence-corrected chi connectivity index (χ1v) is 5.01. The molecule has 0 fully saturated rings. The van der Waals surface area contributed by atoms with Crippen molar-refractivity contribution in [2.45, 2.75) is 26.7 Å². The largest absolute Gasteiger partial charge is 0.497 e. The highest BCUT2D eigenvalue weighted by molar-refractivity contribution is 5.77. The second-order valence-corrected chi connectivity index (χ2v) is 3.98. The van der Waals surface area contributed by atoms with Gasteiger partial charge >= 0.3 is 0 Å². The molecule has 1 nitrogen and oxygen atoms in total. The van der Waals surface area contributed by atoms with Crippen LogP contribution >= 0.6 is 0 Å². The monoisotopic (exact) mass is 188 g/mol. The minimum Gasteiger partial charge on any atom is -0.497 e. The summed E-state index contributed by atoms with van der Waals surface area (Å²) in [5.74, 6) is 1.50. The second kappa shape index (κ2) is 3.16. The molecule has 0 aliphatic heterocycles. The summed E-state index contributed by atoms with van der Waals surface area (Å²) in [6, 6.07) is 6.35. The fourth-order valence-corrected chi connectivity index (χ4v) is 2.14. The molecular weight excluding hydrogens is 172 g/mol. The van der Waals surface area contributed by atoms with Crippen molar-refractivity contribution in [1.82, 2.24) is 0 Å². The number of benzene rings is 1. The Kier molecular flexibility index (Phi) is 2.10.